The Hall–Kier alpha value is -3.93. The van der Waals surface area contributed by atoms with E-state index in [0.29, 0.717) is 24.9 Å². The number of carbonyl (C=O) groups is 2. The summed E-state index contributed by atoms with van der Waals surface area (Å²) < 4.78 is 6.62. The van der Waals surface area contributed by atoms with Crippen LogP contribution in [0.4, 0.5) is 5.69 Å². The number of anilines is 1. The maximum absolute atomic E-state index is 13.4. The summed E-state index contributed by atoms with van der Waals surface area (Å²) in [6.45, 7) is 6.48. The average molecular weight is 456 g/mol. The van der Waals surface area contributed by atoms with Gasteiger partial charge in [0.15, 0.2) is 0 Å². The van der Waals surface area contributed by atoms with Gasteiger partial charge in [-0.25, -0.2) is 4.68 Å². The molecule has 6 heteroatoms. The van der Waals surface area contributed by atoms with E-state index in [1.807, 2.05) is 85.0 Å². The predicted molar refractivity (Wildman–Crippen MR) is 135 cm³/mol. The van der Waals surface area contributed by atoms with Gasteiger partial charge in [-0.05, 0) is 68.5 Å². The lowest BCUT2D eigenvalue weighted by Crippen LogP contribution is -2.30. The van der Waals surface area contributed by atoms with Gasteiger partial charge in [-0.15, -0.1) is 0 Å². The number of aromatic nitrogens is 2. The van der Waals surface area contributed by atoms with Crippen molar-refractivity contribution in [3.63, 3.8) is 0 Å². The smallest absolute Gasteiger partial charge is 0.305 e. The number of carbonyl (C=O) groups excluding carboxylic acids is 2. The molecule has 1 heterocycles. The maximum atomic E-state index is 13.4. The number of amides is 1. The van der Waals surface area contributed by atoms with E-state index < -0.39 is 0 Å². The molecule has 0 aliphatic heterocycles. The van der Waals surface area contributed by atoms with Gasteiger partial charge in [-0.3, -0.25) is 9.59 Å². The molecule has 0 aliphatic carbocycles. The number of hydrogen-bond donors (Lipinski definition) is 0. The molecule has 174 valence electrons. The molecule has 0 bridgehead atoms. The highest BCUT2D eigenvalue weighted by atomic mass is 16.5. The van der Waals surface area contributed by atoms with Crippen molar-refractivity contribution in [2.45, 2.75) is 33.6 Å². The summed E-state index contributed by atoms with van der Waals surface area (Å²) in [6, 6.07) is 21.6. The van der Waals surface area contributed by atoms with E-state index in [1.54, 1.807) is 0 Å². The van der Waals surface area contributed by atoms with Crippen LogP contribution in [0.2, 0.25) is 0 Å². The SMILES string of the molecule is CCN(C(=O)c1ccc(-n2nc(C)c(CCC(=O)OC)c2C)cc1)c1cccc2ccccc12. The molecule has 0 unspecified atom stereocenters. The van der Waals surface area contributed by atoms with Gasteiger partial charge >= 0.3 is 5.97 Å². The number of nitrogens with zero attached hydrogens (tertiary/aromatic N) is 3. The molecule has 0 atom stereocenters. The van der Waals surface area contributed by atoms with E-state index >= 15 is 0 Å². The first-order chi connectivity index (χ1) is 16.4. The molecule has 6 nitrogen and oxygen atoms in total. The van der Waals surface area contributed by atoms with E-state index in [9.17, 15) is 9.59 Å². The predicted octanol–water partition coefficient (Wildman–Crippen LogP) is 5.41. The highest BCUT2D eigenvalue weighted by Gasteiger charge is 2.19. The summed E-state index contributed by atoms with van der Waals surface area (Å²) in [7, 11) is 1.40. The average Bonchev–Trinajstić information content (AvgIpc) is 3.16. The van der Waals surface area contributed by atoms with Crippen molar-refractivity contribution >= 4 is 28.3 Å². The van der Waals surface area contributed by atoms with Gasteiger partial charge in [-0.1, -0.05) is 36.4 Å². The Balaban J connectivity index is 1.60. The van der Waals surface area contributed by atoms with E-state index in [1.165, 1.54) is 7.11 Å². The third kappa shape index (κ3) is 4.44. The summed E-state index contributed by atoms with van der Waals surface area (Å²) in [5, 5.41) is 6.82. The van der Waals surface area contributed by atoms with Crippen molar-refractivity contribution in [3.05, 3.63) is 89.2 Å². The number of hydrogen-bond acceptors (Lipinski definition) is 4. The third-order valence-corrected chi connectivity index (χ3v) is 6.23. The molecular weight excluding hydrogens is 426 g/mol. The van der Waals surface area contributed by atoms with Gasteiger partial charge in [0.25, 0.3) is 5.91 Å². The first-order valence-electron chi connectivity index (χ1n) is 11.5. The lowest BCUT2D eigenvalue weighted by molar-refractivity contribution is -0.140. The molecule has 0 aliphatic rings. The Labute approximate surface area is 199 Å². The van der Waals surface area contributed by atoms with Crippen molar-refractivity contribution in [2.75, 3.05) is 18.6 Å². The van der Waals surface area contributed by atoms with Gasteiger partial charge < -0.3 is 9.64 Å². The van der Waals surface area contributed by atoms with Gasteiger partial charge in [0.1, 0.15) is 0 Å². The molecule has 1 amide bonds. The lowest BCUT2D eigenvalue weighted by atomic mass is 10.1. The monoisotopic (exact) mass is 455 g/mol. The topological polar surface area (TPSA) is 64.4 Å². The summed E-state index contributed by atoms with van der Waals surface area (Å²) in [4.78, 5) is 26.8. The highest BCUT2D eigenvalue weighted by molar-refractivity contribution is 6.10. The van der Waals surface area contributed by atoms with Crippen LogP contribution in [-0.2, 0) is 16.0 Å². The molecule has 3 aromatic carbocycles. The highest BCUT2D eigenvalue weighted by Crippen LogP contribution is 2.28. The number of esters is 1. The Morgan fingerprint density at radius 3 is 2.38 bits per heavy atom. The zero-order valence-electron chi connectivity index (χ0n) is 20.0. The molecule has 0 N–H and O–H groups in total. The fourth-order valence-corrected chi connectivity index (χ4v) is 4.39. The summed E-state index contributed by atoms with van der Waals surface area (Å²) in [5.74, 6) is -0.279. The van der Waals surface area contributed by atoms with E-state index in [4.69, 9.17) is 4.74 Å². The zero-order chi connectivity index (χ0) is 24.2. The molecule has 34 heavy (non-hydrogen) atoms. The van der Waals surface area contributed by atoms with Crippen molar-refractivity contribution in [2.24, 2.45) is 0 Å². The molecule has 4 rings (SSSR count). The van der Waals surface area contributed by atoms with Crippen LogP contribution in [0.25, 0.3) is 16.5 Å². The number of methoxy groups -OCH3 is 1. The maximum Gasteiger partial charge on any atom is 0.305 e. The molecule has 0 spiro atoms. The Kier molecular flexibility index (Phi) is 6.77. The zero-order valence-corrected chi connectivity index (χ0v) is 20.0. The van der Waals surface area contributed by atoms with Gasteiger partial charge in [0.2, 0.25) is 0 Å². The Morgan fingerprint density at radius 1 is 0.971 bits per heavy atom. The second-order valence-corrected chi connectivity index (χ2v) is 8.23. The number of benzene rings is 3. The summed E-state index contributed by atoms with van der Waals surface area (Å²) in [6.07, 6.45) is 0.899. The fourth-order valence-electron chi connectivity index (χ4n) is 4.39. The number of fused-ring (bicyclic) bond motifs is 1. The number of aryl methyl sites for hydroxylation is 1. The Morgan fingerprint density at radius 2 is 1.68 bits per heavy atom. The fraction of sp³-hybridized carbons (Fsp3) is 0.250. The van der Waals surface area contributed by atoms with Crippen molar-refractivity contribution in [1.82, 2.24) is 9.78 Å². The van der Waals surface area contributed by atoms with Crippen LogP contribution in [0, 0.1) is 13.8 Å². The van der Waals surface area contributed by atoms with Gasteiger partial charge in [-0.2, -0.15) is 5.10 Å². The van der Waals surface area contributed by atoms with Crippen LogP contribution >= 0.6 is 0 Å². The third-order valence-electron chi connectivity index (χ3n) is 6.23. The van der Waals surface area contributed by atoms with Crippen molar-refractivity contribution in [1.29, 1.82) is 0 Å². The van der Waals surface area contributed by atoms with Crippen molar-refractivity contribution < 1.29 is 14.3 Å². The number of rotatable bonds is 7. The largest absolute Gasteiger partial charge is 0.469 e. The van der Waals surface area contributed by atoms with Crippen LogP contribution < -0.4 is 4.90 Å². The first kappa shape index (κ1) is 23.2. The van der Waals surface area contributed by atoms with Crippen LogP contribution in [-0.4, -0.2) is 35.3 Å². The second-order valence-electron chi connectivity index (χ2n) is 8.23. The summed E-state index contributed by atoms with van der Waals surface area (Å²) in [5.41, 5.74) is 5.30. The molecule has 0 radical (unpaired) electrons. The normalized spacial score (nSPS) is 10.9. The molecule has 0 saturated carbocycles. The summed E-state index contributed by atoms with van der Waals surface area (Å²) >= 11 is 0. The van der Waals surface area contributed by atoms with Gasteiger partial charge in [0, 0.05) is 29.6 Å². The molecule has 1 aromatic heterocycles. The molecule has 4 aromatic rings. The second kappa shape index (κ2) is 9.91. The standard InChI is InChI=1S/C28H29N3O3/c1-5-30(26-12-8-10-21-9-6-7-11-25(21)26)28(33)22-13-15-23(16-14-22)31-20(3)24(19(2)29-31)17-18-27(32)34-4/h6-16H,5,17-18H2,1-4H3. The quantitative estimate of drug-likeness (QED) is 0.349. The minimum atomic E-state index is -0.235. The van der Waals surface area contributed by atoms with E-state index in [2.05, 4.69) is 17.2 Å². The lowest BCUT2D eigenvalue weighted by Gasteiger charge is -2.23. The molecular formula is C28H29N3O3. The van der Waals surface area contributed by atoms with Crippen LogP contribution in [0.15, 0.2) is 66.7 Å². The Bertz CT molecular complexity index is 1330. The van der Waals surface area contributed by atoms with E-state index in [-0.39, 0.29) is 11.9 Å². The van der Waals surface area contributed by atoms with Crippen LogP contribution in [0.3, 0.4) is 0 Å². The van der Waals surface area contributed by atoms with E-state index in [0.717, 1.165) is 39.1 Å². The minimum absolute atomic E-state index is 0.0439. The molecule has 0 saturated heterocycles. The van der Waals surface area contributed by atoms with Gasteiger partial charge in [0.05, 0.1) is 24.2 Å². The van der Waals surface area contributed by atoms with Crippen LogP contribution in [0.5, 0.6) is 0 Å². The molecule has 0 fully saturated rings. The minimum Gasteiger partial charge on any atom is -0.469 e. The first-order valence-corrected chi connectivity index (χ1v) is 11.5. The van der Waals surface area contributed by atoms with Crippen LogP contribution in [0.1, 0.15) is 40.7 Å². The number of ether oxygens (including phenoxy) is 1. The van der Waals surface area contributed by atoms with Crippen molar-refractivity contribution in [3.8, 4) is 5.69 Å².